The fourth-order valence-corrected chi connectivity index (χ4v) is 6.71. The van der Waals surface area contributed by atoms with Gasteiger partial charge < -0.3 is 15.0 Å². The molecule has 3 aromatic carbocycles. The summed E-state index contributed by atoms with van der Waals surface area (Å²) in [6.07, 6.45) is 4.35. The van der Waals surface area contributed by atoms with E-state index in [1.165, 1.54) is 17.0 Å². The molecule has 2 amide bonds. The monoisotopic (exact) mass is 577 g/mol. The second-order valence-electron chi connectivity index (χ2n) is 10.5. The Kier molecular flexibility index (Phi) is 10.0. The van der Waals surface area contributed by atoms with E-state index in [0.717, 1.165) is 41.1 Å². The standard InChI is InChI=1S/C32H39N3O5S/c1-4-30(32(37)33-26-14-8-9-15-26)34(22-25-13-11-17-28(21-25)40-3)31(36)23-35(27-16-10-12-24(2)20-27)41(38,39)29-18-6-5-7-19-29/h5-7,10-13,16-21,26,30H,4,8-9,14-15,22-23H2,1-3H3,(H,33,37)/t30-/m1/s1. The summed E-state index contributed by atoms with van der Waals surface area (Å²) in [5.41, 5.74) is 2.02. The second kappa shape index (κ2) is 13.7. The number of carbonyl (C=O) groups excluding carboxylic acids is 2. The number of ether oxygens (including phenoxy) is 1. The molecule has 1 saturated carbocycles. The van der Waals surface area contributed by atoms with Crippen LogP contribution in [0, 0.1) is 6.92 Å². The van der Waals surface area contributed by atoms with Crippen molar-refractivity contribution in [2.24, 2.45) is 0 Å². The van der Waals surface area contributed by atoms with Gasteiger partial charge in [0.25, 0.3) is 10.0 Å². The molecule has 8 nitrogen and oxygen atoms in total. The number of nitrogens with one attached hydrogen (secondary N) is 1. The van der Waals surface area contributed by atoms with E-state index in [2.05, 4.69) is 5.32 Å². The topological polar surface area (TPSA) is 96.0 Å². The Morgan fingerprint density at radius 1 is 0.976 bits per heavy atom. The van der Waals surface area contributed by atoms with E-state index in [-0.39, 0.29) is 23.4 Å². The van der Waals surface area contributed by atoms with Gasteiger partial charge in [0, 0.05) is 12.6 Å². The Labute approximate surface area is 243 Å². The predicted molar refractivity (Wildman–Crippen MR) is 160 cm³/mol. The third kappa shape index (κ3) is 7.47. The molecule has 0 unspecified atom stereocenters. The number of carbonyl (C=O) groups is 2. The van der Waals surface area contributed by atoms with Gasteiger partial charge in [0.2, 0.25) is 11.8 Å². The van der Waals surface area contributed by atoms with Crippen molar-refractivity contribution >= 4 is 27.5 Å². The molecule has 1 atom stereocenters. The maximum atomic E-state index is 14.2. The van der Waals surface area contributed by atoms with E-state index in [0.29, 0.717) is 17.9 Å². The molecule has 1 aliphatic rings. The van der Waals surface area contributed by atoms with E-state index < -0.39 is 28.5 Å². The predicted octanol–water partition coefficient (Wildman–Crippen LogP) is 5.07. The molecule has 0 aromatic heterocycles. The summed E-state index contributed by atoms with van der Waals surface area (Å²) in [4.78, 5) is 29.3. The SMILES string of the molecule is CC[C@H](C(=O)NC1CCCC1)N(Cc1cccc(OC)c1)C(=O)CN(c1cccc(C)c1)S(=O)(=O)c1ccccc1. The third-order valence-electron chi connectivity index (χ3n) is 7.47. The van der Waals surface area contributed by atoms with Crippen LogP contribution in [0.4, 0.5) is 5.69 Å². The van der Waals surface area contributed by atoms with Crippen molar-refractivity contribution in [3.05, 3.63) is 90.0 Å². The molecule has 218 valence electrons. The maximum absolute atomic E-state index is 14.2. The van der Waals surface area contributed by atoms with E-state index in [4.69, 9.17) is 4.74 Å². The summed E-state index contributed by atoms with van der Waals surface area (Å²) in [5, 5.41) is 3.13. The Morgan fingerprint density at radius 2 is 1.68 bits per heavy atom. The Balaban J connectivity index is 1.71. The number of benzene rings is 3. The average Bonchev–Trinajstić information content (AvgIpc) is 3.49. The lowest BCUT2D eigenvalue weighted by atomic mass is 10.1. The minimum atomic E-state index is -4.09. The lowest BCUT2D eigenvalue weighted by molar-refractivity contribution is -0.140. The summed E-state index contributed by atoms with van der Waals surface area (Å²) in [6.45, 7) is 3.40. The second-order valence-corrected chi connectivity index (χ2v) is 12.3. The van der Waals surface area contributed by atoms with Crippen molar-refractivity contribution in [2.75, 3.05) is 18.0 Å². The van der Waals surface area contributed by atoms with Gasteiger partial charge in [-0.1, -0.05) is 62.2 Å². The molecule has 1 fully saturated rings. The van der Waals surface area contributed by atoms with Crippen molar-refractivity contribution < 1.29 is 22.7 Å². The van der Waals surface area contributed by atoms with Gasteiger partial charge in [0.1, 0.15) is 18.3 Å². The molecule has 0 heterocycles. The minimum Gasteiger partial charge on any atom is -0.497 e. The maximum Gasteiger partial charge on any atom is 0.264 e. The minimum absolute atomic E-state index is 0.0830. The first-order valence-electron chi connectivity index (χ1n) is 14.1. The summed E-state index contributed by atoms with van der Waals surface area (Å²) in [6, 6.07) is 21.8. The third-order valence-corrected chi connectivity index (χ3v) is 9.26. The lowest BCUT2D eigenvalue weighted by Crippen LogP contribution is -2.53. The van der Waals surface area contributed by atoms with Crippen molar-refractivity contribution in [3.8, 4) is 5.75 Å². The molecule has 0 aliphatic heterocycles. The number of hydrogen-bond donors (Lipinski definition) is 1. The molecule has 1 aliphatic carbocycles. The van der Waals surface area contributed by atoms with Gasteiger partial charge in [0.05, 0.1) is 17.7 Å². The average molecular weight is 578 g/mol. The number of methoxy groups -OCH3 is 1. The number of amides is 2. The smallest absolute Gasteiger partial charge is 0.264 e. The van der Waals surface area contributed by atoms with Gasteiger partial charge in [-0.2, -0.15) is 0 Å². The zero-order valence-electron chi connectivity index (χ0n) is 24.0. The molecule has 9 heteroatoms. The Bertz CT molecular complexity index is 1440. The Morgan fingerprint density at radius 3 is 2.34 bits per heavy atom. The Hall–Kier alpha value is -3.85. The fraction of sp³-hybridized carbons (Fsp3) is 0.375. The van der Waals surface area contributed by atoms with Crippen LogP contribution in [0.3, 0.4) is 0 Å². The van der Waals surface area contributed by atoms with Gasteiger partial charge >= 0.3 is 0 Å². The molecule has 0 saturated heterocycles. The molecule has 3 aromatic rings. The van der Waals surface area contributed by atoms with E-state index in [1.807, 2.05) is 44.2 Å². The highest BCUT2D eigenvalue weighted by molar-refractivity contribution is 7.92. The van der Waals surface area contributed by atoms with Crippen LogP contribution in [0.2, 0.25) is 0 Å². The quantitative estimate of drug-likeness (QED) is 0.325. The van der Waals surface area contributed by atoms with Gasteiger partial charge in [-0.15, -0.1) is 0 Å². The molecule has 1 N–H and O–H groups in total. The van der Waals surface area contributed by atoms with E-state index >= 15 is 0 Å². The van der Waals surface area contributed by atoms with Crippen LogP contribution in [0.25, 0.3) is 0 Å². The first-order chi connectivity index (χ1) is 19.7. The highest BCUT2D eigenvalue weighted by Gasteiger charge is 2.34. The normalized spacial score (nSPS) is 14.3. The number of hydrogen-bond acceptors (Lipinski definition) is 5. The zero-order chi connectivity index (χ0) is 29.4. The van der Waals surface area contributed by atoms with E-state index in [9.17, 15) is 18.0 Å². The number of rotatable bonds is 12. The lowest BCUT2D eigenvalue weighted by Gasteiger charge is -2.34. The fourth-order valence-electron chi connectivity index (χ4n) is 5.29. The van der Waals surface area contributed by atoms with Crippen molar-refractivity contribution in [2.45, 2.75) is 69.5 Å². The molecule has 0 bridgehead atoms. The largest absolute Gasteiger partial charge is 0.497 e. The van der Waals surface area contributed by atoms with E-state index in [1.54, 1.807) is 43.5 Å². The first-order valence-corrected chi connectivity index (χ1v) is 15.5. The van der Waals surface area contributed by atoms with Gasteiger partial charge in [-0.3, -0.25) is 13.9 Å². The number of aryl methyl sites for hydroxylation is 1. The van der Waals surface area contributed by atoms with Gasteiger partial charge in [-0.05, 0) is 73.7 Å². The van der Waals surface area contributed by atoms with Crippen LogP contribution in [0.5, 0.6) is 5.75 Å². The molecule has 0 spiro atoms. The number of sulfonamides is 1. The van der Waals surface area contributed by atoms with Crippen molar-refractivity contribution in [3.63, 3.8) is 0 Å². The molecule has 0 radical (unpaired) electrons. The van der Waals surface area contributed by atoms with Crippen LogP contribution < -0.4 is 14.4 Å². The highest BCUT2D eigenvalue weighted by Crippen LogP contribution is 2.26. The van der Waals surface area contributed by atoms with Crippen molar-refractivity contribution in [1.29, 1.82) is 0 Å². The number of nitrogens with zero attached hydrogens (tertiary/aromatic N) is 2. The summed E-state index contributed by atoms with van der Waals surface area (Å²) in [7, 11) is -2.52. The molecule has 41 heavy (non-hydrogen) atoms. The van der Waals surface area contributed by atoms with Crippen LogP contribution in [0.1, 0.15) is 50.2 Å². The molecule has 4 rings (SSSR count). The molecular weight excluding hydrogens is 538 g/mol. The van der Waals surface area contributed by atoms with Crippen LogP contribution in [-0.2, 0) is 26.2 Å². The summed E-state index contributed by atoms with van der Waals surface area (Å²) < 4.78 is 34.3. The highest BCUT2D eigenvalue weighted by atomic mass is 32.2. The van der Waals surface area contributed by atoms with Crippen LogP contribution in [0.15, 0.2) is 83.8 Å². The van der Waals surface area contributed by atoms with Crippen LogP contribution in [-0.4, -0.2) is 50.9 Å². The summed E-state index contributed by atoms with van der Waals surface area (Å²) in [5.74, 6) is -0.0580. The summed E-state index contributed by atoms with van der Waals surface area (Å²) >= 11 is 0. The molecular formula is C32H39N3O5S. The van der Waals surface area contributed by atoms with Crippen LogP contribution >= 0.6 is 0 Å². The zero-order valence-corrected chi connectivity index (χ0v) is 24.8. The van der Waals surface area contributed by atoms with Gasteiger partial charge in [0.15, 0.2) is 0 Å². The first kappa shape index (κ1) is 30.1. The van der Waals surface area contributed by atoms with Crippen molar-refractivity contribution in [1.82, 2.24) is 10.2 Å². The van der Waals surface area contributed by atoms with Gasteiger partial charge in [-0.25, -0.2) is 8.42 Å². The number of anilines is 1.